The highest BCUT2D eigenvalue weighted by molar-refractivity contribution is 5.25. The summed E-state index contributed by atoms with van der Waals surface area (Å²) in [4.78, 5) is 0. The zero-order chi connectivity index (χ0) is 8.72. The molecule has 0 saturated heterocycles. The fourth-order valence-corrected chi connectivity index (χ4v) is 1.79. The van der Waals surface area contributed by atoms with Crippen LogP contribution in [0.2, 0.25) is 0 Å². The van der Waals surface area contributed by atoms with Crippen LogP contribution in [0.25, 0.3) is 0 Å². The molecule has 0 fully saturated rings. The minimum Gasteiger partial charge on any atom is -0.364 e. The molecular weight excluding hydrogens is 138 g/mol. The topological polar surface area (TPSA) is 26.0 Å². The van der Waals surface area contributed by atoms with Gasteiger partial charge in [-0.25, -0.2) is 0 Å². The van der Waals surface area contributed by atoms with Crippen LogP contribution in [0.5, 0.6) is 0 Å². The second kappa shape index (κ2) is 2.36. The van der Waals surface area contributed by atoms with Crippen LogP contribution < -0.4 is 0 Å². The van der Waals surface area contributed by atoms with E-state index >= 15 is 0 Å². The summed E-state index contributed by atoms with van der Waals surface area (Å²) >= 11 is 0. The zero-order valence-electron chi connectivity index (χ0n) is 7.92. The predicted octanol–water partition coefficient (Wildman–Crippen LogP) is 2.36. The van der Waals surface area contributed by atoms with Crippen LogP contribution in [0.1, 0.15) is 38.8 Å². The Balaban J connectivity index is 2.36. The summed E-state index contributed by atoms with van der Waals surface area (Å²) in [5.41, 5.74) is 2.07. The summed E-state index contributed by atoms with van der Waals surface area (Å²) in [6.07, 6.45) is 2.38. The van der Waals surface area contributed by atoms with Crippen molar-refractivity contribution < 1.29 is 5.89 Å². The van der Waals surface area contributed by atoms with Gasteiger partial charge < -0.3 is 4.52 Å². The first kappa shape index (κ1) is 5.81. The fraction of sp³-hybridized carbons (Fsp3) is 0.667. The van der Waals surface area contributed by atoms with Crippen molar-refractivity contribution in [1.29, 1.82) is 0 Å². The zero-order valence-corrected chi connectivity index (χ0v) is 6.92. The van der Waals surface area contributed by atoms with E-state index in [1.54, 1.807) is 0 Å². The van der Waals surface area contributed by atoms with Crippen LogP contribution in [-0.2, 0) is 6.42 Å². The van der Waals surface area contributed by atoms with Crippen molar-refractivity contribution in [1.82, 2.24) is 5.16 Å². The predicted molar refractivity (Wildman–Crippen MR) is 42.4 cm³/mol. The molecule has 0 aromatic carbocycles. The minimum absolute atomic E-state index is 0.271. The molecular formula is C9H13NO. The van der Waals surface area contributed by atoms with Gasteiger partial charge >= 0.3 is 0 Å². The molecule has 0 N–H and O–H groups in total. The molecule has 0 aliphatic heterocycles. The van der Waals surface area contributed by atoms with Gasteiger partial charge in [-0.15, -0.1) is 0 Å². The third-order valence-electron chi connectivity index (χ3n) is 2.48. The molecule has 2 heteroatoms. The average Bonchev–Trinajstić information content (AvgIpc) is 2.53. The molecule has 1 aliphatic rings. The Bertz CT molecular complexity index is 293. The highest BCUT2D eigenvalue weighted by Gasteiger charge is 2.28. The largest absolute Gasteiger partial charge is 0.364 e. The summed E-state index contributed by atoms with van der Waals surface area (Å²) in [5.74, 6) is 1.12. The molecule has 2 rings (SSSR count). The quantitative estimate of drug-likeness (QED) is 0.617. The smallest absolute Gasteiger partial charge is 0.127 e. The van der Waals surface area contributed by atoms with Gasteiger partial charge in [-0.05, 0) is 18.8 Å². The molecule has 1 unspecified atom stereocenters. The van der Waals surface area contributed by atoms with Crippen molar-refractivity contribution in [3.63, 3.8) is 0 Å². The Morgan fingerprint density at radius 2 is 2.64 bits per heavy atom. The lowest BCUT2D eigenvalue weighted by atomic mass is 9.94. The van der Waals surface area contributed by atoms with Gasteiger partial charge in [0, 0.05) is 11.5 Å². The maximum absolute atomic E-state index is 7.43. The van der Waals surface area contributed by atoms with Crippen LogP contribution in [0, 0.1) is 5.92 Å². The first-order valence-corrected chi connectivity index (χ1v) is 4.15. The third kappa shape index (κ3) is 0.971. The number of rotatable bonds is 1. The van der Waals surface area contributed by atoms with E-state index in [0.29, 0.717) is 11.8 Å². The van der Waals surface area contributed by atoms with Crippen LogP contribution in [0.15, 0.2) is 10.8 Å². The summed E-state index contributed by atoms with van der Waals surface area (Å²) in [5, 5.41) is 3.94. The number of fused-ring (bicyclic) bond motifs is 1. The minimum atomic E-state index is 0.271. The molecule has 0 bridgehead atoms. The average molecular weight is 152 g/mol. The van der Waals surface area contributed by atoms with E-state index in [0.717, 1.165) is 24.1 Å². The van der Waals surface area contributed by atoms with Gasteiger partial charge in [-0.2, -0.15) is 0 Å². The standard InChI is InChI=1S/C9H13NO/c1-6(2)8-4-3-7-5-11-10-9(7)8/h5-6,8H,3-4H2,1-2H3/i5D. The van der Waals surface area contributed by atoms with Gasteiger partial charge in [0.15, 0.2) is 0 Å². The molecule has 11 heavy (non-hydrogen) atoms. The normalized spacial score (nSPS) is 23.9. The molecule has 0 saturated carbocycles. The maximum Gasteiger partial charge on any atom is 0.127 e. The molecule has 1 aromatic rings. The number of hydrogen-bond donors (Lipinski definition) is 0. The first-order chi connectivity index (χ1) is 5.70. The fourth-order valence-electron chi connectivity index (χ4n) is 1.79. The lowest BCUT2D eigenvalue weighted by Crippen LogP contribution is -2.02. The number of hydrogen-bond acceptors (Lipinski definition) is 2. The van der Waals surface area contributed by atoms with Crippen LogP contribution >= 0.6 is 0 Å². The van der Waals surface area contributed by atoms with E-state index in [1.807, 2.05) is 0 Å². The Labute approximate surface area is 68.0 Å². The summed E-state index contributed by atoms with van der Waals surface area (Å²) < 4.78 is 12.3. The van der Waals surface area contributed by atoms with E-state index in [1.165, 1.54) is 0 Å². The molecule has 0 radical (unpaired) electrons. The third-order valence-corrected chi connectivity index (χ3v) is 2.48. The molecule has 1 aromatic heterocycles. The summed E-state index contributed by atoms with van der Waals surface area (Å²) in [6.45, 7) is 4.39. The van der Waals surface area contributed by atoms with Crippen molar-refractivity contribution >= 4 is 0 Å². The second-order valence-corrected chi connectivity index (χ2v) is 3.54. The van der Waals surface area contributed by atoms with Crippen molar-refractivity contribution in [2.24, 2.45) is 5.92 Å². The SMILES string of the molecule is [2H]c1onc2c1CCC2C(C)C. The van der Waals surface area contributed by atoms with Crippen molar-refractivity contribution in [3.8, 4) is 0 Å². The Morgan fingerprint density at radius 3 is 3.36 bits per heavy atom. The van der Waals surface area contributed by atoms with Gasteiger partial charge in [0.25, 0.3) is 0 Å². The summed E-state index contributed by atoms with van der Waals surface area (Å²) in [7, 11) is 0. The van der Waals surface area contributed by atoms with E-state index in [-0.39, 0.29) is 6.24 Å². The monoisotopic (exact) mass is 152 g/mol. The molecule has 0 spiro atoms. The Morgan fingerprint density at radius 1 is 1.82 bits per heavy atom. The second-order valence-electron chi connectivity index (χ2n) is 3.54. The van der Waals surface area contributed by atoms with Crippen molar-refractivity contribution in [2.45, 2.75) is 32.6 Å². The lowest BCUT2D eigenvalue weighted by molar-refractivity contribution is 0.382. The number of aromatic nitrogens is 1. The van der Waals surface area contributed by atoms with E-state index < -0.39 is 0 Å². The maximum atomic E-state index is 7.43. The molecule has 1 atom stereocenters. The van der Waals surface area contributed by atoms with Crippen molar-refractivity contribution in [2.75, 3.05) is 0 Å². The Kier molecular flexibility index (Phi) is 1.25. The van der Waals surface area contributed by atoms with Gasteiger partial charge in [-0.3, -0.25) is 0 Å². The van der Waals surface area contributed by atoms with Gasteiger partial charge in [-0.1, -0.05) is 19.0 Å². The Hall–Kier alpha value is -0.790. The molecule has 1 heterocycles. The van der Waals surface area contributed by atoms with Crippen LogP contribution in [0.4, 0.5) is 0 Å². The van der Waals surface area contributed by atoms with Crippen LogP contribution in [0.3, 0.4) is 0 Å². The van der Waals surface area contributed by atoms with Gasteiger partial charge in [0.05, 0.1) is 5.69 Å². The highest BCUT2D eigenvalue weighted by Crippen LogP contribution is 2.36. The summed E-state index contributed by atoms with van der Waals surface area (Å²) in [6, 6.07) is 0. The van der Waals surface area contributed by atoms with Gasteiger partial charge in [0.2, 0.25) is 0 Å². The lowest BCUT2D eigenvalue weighted by Gasteiger charge is -2.11. The van der Waals surface area contributed by atoms with Gasteiger partial charge in [0.1, 0.15) is 7.61 Å². The highest BCUT2D eigenvalue weighted by atomic mass is 16.5. The molecule has 2 nitrogen and oxygen atoms in total. The first-order valence-electron chi connectivity index (χ1n) is 4.65. The molecule has 0 amide bonds. The molecule has 1 aliphatic carbocycles. The van der Waals surface area contributed by atoms with Crippen molar-refractivity contribution in [3.05, 3.63) is 17.5 Å². The number of nitrogens with zero attached hydrogens (tertiary/aromatic N) is 1. The van der Waals surface area contributed by atoms with Crippen LogP contribution in [-0.4, -0.2) is 5.16 Å². The van der Waals surface area contributed by atoms with E-state index in [2.05, 4.69) is 19.0 Å². The van der Waals surface area contributed by atoms with E-state index in [9.17, 15) is 0 Å². The molecule has 60 valence electrons. The van der Waals surface area contributed by atoms with E-state index in [4.69, 9.17) is 5.89 Å².